The number of hydrogen-bond acceptors (Lipinski definition) is 5. The molecule has 3 rings (SSSR count). The van der Waals surface area contributed by atoms with E-state index in [-0.39, 0.29) is 30.7 Å². The van der Waals surface area contributed by atoms with Crippen molar-refractivity contribution in [2.75, 3.05) is 12.4 Å². The number of rotatable bonds is 4. The van der Waals surface area contributed by atoms with Crippen molar-refractivity contribution in [2.24, 2.45) is 7.05 Å². The summed E-state index contributed by atoms with van der Waals surface area (Å²) in [6.45, 7) is 1.79. The normalized spacial score (nSPS) is 11.5. The van der Waals surface area contributed by atoms with E-state index >= 15 is 0 Å². The number of carbonyl (C=O) groups is 1. The highest BCUT2D eigenvalue weighted by molar-refractivity contribution is 5.96. The smallest absolute Gasteiger partial charge is 0.246 e. The quantitative estimate of drug-likeness (QED) is 0.736. The van der Waals surface area contributed by atoms with Crippen LogP contribution in [-0.4, -0.2) is 27.7 Å². The number of nitrogens with one attached hydrogen (secondary N) is 2. The number of fused-ring (bicyclic) bond motifs is 1. The van der Waals surface area contributed by atoms with Crippen LogP contribution < -0.4 is 10.6 Å². The summed E-state index contributed by atoms with van der Waals surface area (Å²) >= 11 is 0. The van der Waals surface area contributed by atoms with E-state index in [2.05, 4.69) is 20.7 Å². The Morgan fingerprint density at radius 2 is 2.08 bits per heavy atom. The minimum Gasteiger partial charge on any atom is -0.441 e. The number of benzene rings is 1. The van der Waals surface area contributed by atoms with Crippen molar-refractivity contribution in [3.63, 3.8) is 0 Å². The molecule has 0 radical (unpaired) electrons. The summed E-state index contributed by atoms with van der Waals surface area (Å²) in [4.78, 5) is 16.7. The molecule has 0 saturated carbocycles. The largest absolute Gasteiger partial charge is 0.441 e. The van der Waals surface area contributed by atoms with Crippen LogP contribution in [0.1, 0.15) is 17.5 Å². The fourth-order valence-electron chi connectivity index (χ4n) is 2.37. The number of amides is 1. The molecule has 0 aliphatic carbocycles. The maximum absolute atomic E-state index is 12.4. The van der Waals surface area contributed by atoms with Crippen molar-refractivity contribution in [3.05, 3.63) is 42.0 Å². The highest BCUT2D eigenvalue weighted by Gasteiger charge is 2.20. The van der Waals surface area contributed by atoms with Crippen LogP contribution in [0.15, 0.2) is 35.0 Å². The molecular weight excluding hydrogens is 353 g/mol. The number of anilines is 1. The topological polar surface area (TPSA) is 85.0 Å². The third-order valence-corrected chi connectivity index (χ3v) is 3.37. The first-order chi connectivity index (χ1) is 10.6. The number of hydrogen-bond donors (Lipinski definition) is 2. The molecule has 24 heavy (non-hydrogen) atoms. The monoisotopic (exact) mass is 371 g/mol. The van der Waals surface area contributed by atoms with Gasteiger partial charge < -0.3 is 15.1 Å². The molecule has 7 nitrogen and oxygen atoms in total. The lowest BCUT2D eigenvalue weighted by atomic mass is 10.1. The summed E-state index contributed by atoms with van der Waals surface area (Å²) in [7, 11) is 3.55. The van der Waals surface area contributed by atoms with Gasteiger partial charge in [-0.25, -0.2) is 4.98 Å². The van der Waals surface area contributed by atoms with Gasteiger partial charge in [0.05, 0.1) is 6.20 Å². The predicted octanol–water partition coefficient (Wildman–Crippen LogP) is 2.61. The first kappa shape index (κ1) is 20.0. The van der Waals surface area contributed by atoms with Crippen molar-refractivity contribution in [2.45, 2.75) is 13.0 Å². The molecule has 3 aromatic rings. The zero-order valence-corrected chi connectivity index (χ0v) is 15.1. The minimum absolute atomic E-state index is 0. The highest BCUT2D eigenvalue weighted by Crippen LogP contribution is 2.21. The van der Waals surface area contributed by atoms with Crippen LogP contribution in [0.25, 0.3) is 11.1 Å². The van der Waals surface area contributed by atoms with Crippen LogP contribution in [0.5, 0.6) is 0 Å². The summed E-state index contributed by atoms with van der Waals surface area (Å²) < 4.78 is 7.14. The van der Waals surface area contributed by atoms with E-state index in [4.69, 9.17) is 4.42 Å². The second kappa shape index (κ2) is 8.14. The number of halogens is 2. The summed E-state index contributed by atoms with van der Waals surface area (Å²) in [5.41, 5.74) is 2.89. The lowest BCUT2D eigenvalue weighted by molar-refractivity contribution is -0.118. The SMILES string of the molecule is CNC(C(=O)Nc1ccc2nc(C)oc2c1)c1cnn(C)c1.Cl.Cl. The van der Waals surface area contributed by atoms with E-state index in [9.17, 15) is 4.79 Å². The first-order valence-corrected chi connectivity index (χ1v) is 6.90. The predicted molar refractivity (Wildman–Crippen MR) is 96.9 cm³/mol. The Hall–Kier alpha value is -2.09. The minimum atomic E-state index is -0.471. The molecule has 0 saturated heterocycles. The Kier molecular flexibility index (Phi) is 6.77. The van der Waals surface area contributed by atoms with Gasteiger partial charge in [-0.15, -0.1) is 24.8 Å². The molecule has 1 aromatic carbocycles. The molecule has 2 heterocycles. The maximum Gasteiger partial charge on any atom is 0.246 e. The zero-order chi connectivity index (χ0) is 15.7. The van der Waals surface area contributed by atoms with Gasteiger partial charge >= 0.3 is 0 Å². The maximum atomic E-state index is 12.4. The van der Waals surface area contributed by atoms with Gasteiger partial charge in [-0.3, -0.25) is 9.48 Å². The van der Waals surface area contributed by atoms with Crippen LogP contribution >= 0.6 is 24.8 Å². The molecular formula is C15H19Cl2N5O2. The van der Waals surface area contributed by atoms with Crippen LogP contribution in [0, 0.1) is 6.92 Å². The molecule has 0 aliphatic heterocycles. The molecule has 1 unspecified atom stereocenters. The fraction of sp³-hybridized carbons (Fsp3) is 0.267. The molecule has 2 aromatic heterocycles. The van der Waals surface area contributed by atoms with Gasteiger partial charge in [0.2, 0.25) is 5.91 Å². The Morgan fingerprint density at radius 3 is 2.71 bits per heavy atom. The summed E-state index contributed by atoms with van der Waals surface area (Å²) in [6.07, 6.45) is 3.48. The number of aryl methyl sites for hydroxylation is 2. The molecule has 1 atom stereocenters. The van der Waals surface area contributed by atoms with Crippen molar-refractivity contribution >= 4 is 47.5 Å². The van der Waals surface area contributed by atoms with E-state index in [0.29, 0.717) is 17.2 Å². The van der Waals surface area contributed by atoms with E-state index < -0.39 is 6.04 Å². The second-order valence-corrected chi connectivity index (χ2v) is 5.07. The Balaban J connectivity index is 0.00000144. The van der Waals surface area contributed by atoms with Crippen LogP contribution in [0.3, 0.4) is 0 Å². The second-order valence-electron chi connectivity index (χ2n) is 5.07. The molecule has 0 aliphatic rings. The number of oxazole rings is 1. The number of nitrogens with zero attached hydrogens (tertiary/aromatic N) is 3. The Labute approximate surface area is 151 Å². The van der Waals surface area contributed by atoms with Crippen LogP contribution in [-0.2, 0) is 11.8 Å². The van der Waals surface area contributed by atoms with Crippen LogP contribution in [0.2, 0.25) is 0 Å². The van der Waals surface area contributed by atoms with Crippen molar-refractivity contribution in [1.82, 2.24) is 20.1 Å². The number of likely N-dealkylation sites (N-methyl/N-ethyl adjacent to an activating group) is 1. The van der Waals surface area contributed by atoms with Crippen LogP contribution in [0.4, 0.5) is 5.69 Å². The Morgan fingerprint density at radius 1 is 1.33 bits per heavy atom. The molecule has 0 bridgehead atoms. The number of carbonyl (C=O) groups excluding carboxylic acids is 1. The van der Waals surface area contributed by atoms with Gasteiger partial charge in [-0.2, -0.15) is 5.10 Å². The first-order valence-electron chi connectivity index (χ1n) is 6.90. The standard InChI is InChI=1S/C15H17N5O2.2ClH/c1-9-18-12-5-4-11(6-13(12)22-9)19-15(21)14(16-2)10-7-17-20(3)8-10;;/h4-8,14,16H,1-3H3,(H,19,21);2*1H. The number of aromatic nitrogens is 3. The summed E-state index contributed by atoms with van der Waals surface area (Å²) in [5.74, 6) is 0.438. The van der Waals surface area contributed by atoms with Gasteiger partial charge in [0.15, 0.2) is 11.5 Å². The summed E-state index contributed by atoms with van der Waals surface area (Å²) in [5, 5.41) is 9.96. The third-order valence-electron chi connectivity index (χ3n) is 3.37. The molecule has 9 heteroatoms. The van der Waals surface area contributed by atoms with E-state index in [0.717, 1.165) is 11.1 Å². The lowest BCUT2D eigenvalue weighted by Crippen LogP contribution is -2.30. The third kappa shape index (κ3) is 4.05. The molecule has 0 spiro atoms. The lowest BCUT2D eigenvalue weighted by Gasteiger charge is -2.14. The average Bonchev–Trinajstić information content (AvgIpc) is 3.04. The molecule has 1 amide bonds. The van der Waals surface area contributed by atoms with Crippen molar-refractivity contribution in [1.29, 1.82) is 0 Å². The van der Waals surface area contributed by atoms with Gasteiger partial charge in [0.1, 0.15) is 11.6 Å². The molecule has 0 fully saturated rings. The van der Waals surface area contributed by atoms with Gasteiger partial charge in [0, 0.05) is 37.5 Å². The van der Waals surface area contributed by atoms with Gasteiger partial charge in [-0.05, 0) is 19.2 Å². The average molecular weight is 372 g/mol. The molecule has 130 valence electrons. The zero-order valence-electron chi connectivity index (χ0n) is 13.4. The summed E-state index contributed by atoms with van der Waals surface area (Å²) in [6, 6.07) is 4.92. The highest BCUT2D eigenvalue weighted by atomic mass is 35.5. The van der Waals surface area contributed by atoms with E-state index in [1.165, 1.54) is 0 Å². The fourth-order valence-corrected chi connectivity index (χ4v) is 2.37. The van der Waals surface area contributed by atoms with Gasteiger partial charge in [0.25, 0.3) is 0 Å². The van der Waals surface area contributed by atoms with Gasteiger partial charge in [-0.1, -0.05) is 0 Å². The molecule has 2 N–H and O–H groups in total. The van der Waals surface area contributed by atoms with E-state index in [1.807, 2.05) is 19.3 Å². The van der Waals surface area contributed by atoms with Crippen molar-refractivity contribution in [3.8, 4) is 0 Å². The Bertz CT molecular complexity index is 830. The van der Waals surface area contributed by atoms with E-state index in [1.54, 1.807) is 37.0 Å². The van der Waals surface area contributed by atoms with Crippen molar-refractivity contribution < 1.29 is 9.21 Å².